The SMILES string of the molecule is C=C1CCC(NC(=O)c2cn(C)c3ccccc23)C(Br)C1. The van der Waals surface area contributed by atoms with E-state index in [1.807, 2.05) is 42.1 Å². The number of fused-ring (bicyclic) bond motifs is 1. The van der Waals surface area contributed by atoms with Crippen molar-refractivity contribution in [2.75, 3.05) is 0 Å². The average Bonchev–Trinajstić information content (AvgIpc) is 2.80. The number of hydrogen-bond acceptors (Lipinski definition) is 1. The molecule has 21 heavy (non-hydrogen) atoms. The molecule has 0 radical (unpaired) electrons. The summed E-state index contributed by atoms with van der Waals surface area (Å²) in [5.41, 5.74) is 3.08. The molecular formula is C17H19BrN2O. The fourth-order valence-corrected chi connectivity index (χ4v) is 3.85. The first kappa shape index (κ1) is 14.4. The number of carbonyl (C=O) groups is 1. The van der Waals surface area contributed by atoms with Gasteiger partial charge in [0.05, 0.1) is 5.56 Å². The Labute approximate surface area is 133 Å². The van der Waals surface area contributed by atoms with E-state index in [0.29, 0.717) is 0 Å². The fourth-order valence-electron chi connectivity index (χ4n) is 2.99. The lowest BCUT2D eigenvalue weighted by molar-refractivity contribution is 0.0934. The summed E-state index contributed by atoms with van der Waals surface area (Å²) in [4.78, 5) is 12.9. The lowest BCUT2D eigenvalue weighted by Gasteiger charge is -2.29. The topological polar surface area (TPSA) is 34.0 Å². The number of benzene rings is 1. The Balaban J connectivity index is 1.83. The van der Waals surface area contributed by atoms with Gasteiger partial charge in [0.25, 0.3) is 5.91 Å². The van der Waals surface area contributed by atoms with Gasteiger partial charge in [0.15, 0.2) is 0 Å². The number of carbonyl (C=O) groups excluding carboxylic acids is 1. The van der Waals surface area contributed by atoms with Crippen molar-refractivity contribution in [3.63, 3.8) is 0 Å². The highest BCUT2D eigenvalue weighted by molar-refractivity contribution is 9.09. The predicted molar refractivity (Wildman–Crippen MR) is 89.9 cm³/mol. The molecule has 1 fully saturated rings. The summed E-state index contributed by atoms with van der Waals surface area (Å²) < 4.78 is 2.00. The van der Waals surface area contributed by atoms with Crippen LogP contribution in [0.1, 0.15) is 29.6 Å². The van der Waals surface area contributed by atoms with Gasteiger partial charge in [-0.2, -0.15) is 0 Å². The average molecular weight is 347 g/mol. The van der Waals surface area contributed by atoms with Crippen LogP contribution in [0.4, 0.5) is 0 Å². The summed E-state index contributed by atoms with van der Waals surface area (Å²) in [5, 5.41) is 4.17. The largest absolute Gasteiger partial charge is 0.350 e. The van der Waals surface area contributed by atoms with E-state index in [1.165, 1.54) is 5.57 Å². The molecule has 1 aliphatic carbocycles. The van der Waals surface area contributed by atoms with Crippen LogP contribution in [0.5, 0.6) is 0 Å². The number of nitrogens with one attached hydrogen (secondary N) is 1. The molecule has 0 spiro atoms. The molecule has 1 amide bonds. The van der Waals surface area contributed by atoms with Crippen molar-refractivity contribution in [3.8, 4) is 0 Å². The summed E-state index contributed by atoms with van der Waals surface area (Å²) in [6.07, 6.45) is 4.78. The van der Waals surface area contributed by atoms with E-state index in [0.717, 1.165) is 35.7 Å². The van der Waals surface area contributed by atoms with Crippen LogP contribution in [-0.2, 0) is 7.05 Å². The number of aryl methyl sites for hydroxylation is 1. The summed E-state index contributed by atoms with van der Waals surface area (Å²) in [5.74, 6) is 0.00811. The number of para-hydroxylation sites is 1. The quantitative estimate of drug-likeness (QED) is 0.651. The number of hydrogen-bond donors (Lipinski definition) is 1. The van der Waals surface area contributed by atoms with Gasteiger partial charge in [-0.1, -0.05) is 46.3 Å². The normalized spacial score (nSPS) is 22.5. The highest BCUT2D eigenvalue weighted by Gasteiger charge is 2.27. The summed E-state index contributed by atoms with van der Waals surface area (Å²) in [6.45, 7) is 4.03. The first-order valence-electron chi connectivity index (χ1n) is 7.22. The van der Waals surface area contributed by atoms with E-state index in [4.69, 9.17) is 0 Å². The first-order valence-corrected chi connectivity index (χ1v) is 8.13. The van der Waals surface area contributed by atoms with Crippen LogP contribution in [0.25, 0.3) is 10.9 Å². The zero-order valence-corrected chi connectivity index (χ0v) is 13.7. The van der Waals surface area contributed by atoms with E-state index in [1.54, 1.807) is 0 Å². The summed E-state index contributed by atoms with van der Waals surface area (Å²) in [6, 6.07) is 8.16. The van der Waals surface area contributed by atoms with Gasteiger partial charge in [0, 0.05) is 35.0 Å². The van der Waals surface area contributed by atoms with E-state index in [-0.39, 0.29) is 16.8 Å². The first-order chi connectivity index (χ1) is 10.1. The van der Waals surface area contributed by atoms with Crippen molar-refractivity contribution >= 4 is 32.7 Å². The van der Waals surface area contributed by atoms with Crippen molar-refractivity contribution in [3.05, 3.63) is 48.2 Å². The van der Waals surface area contributed by atoms with Crippen molar-refractivity contribution in [1.29, 1.82) is 0 Å². The minimum absolute atomic E-state index is 0.00811. The summed E-state index contributed by atoms with van der Waals surface area (Å²) in [7, 11) is 1.97. The Morgan fingerprint density at radius 3 is 2.95 bits per heavy atom. The molecule has 110 valence electrons. The van der Waals surface area contributed by atoms with Gasteiger partial charge < -0.3 is 9.88 Å². The minimum atomic E-state index is 0.00811. The molecule has 0 bridgehead atoms. The fraction of sp³-hybridized carbons (Fsp3) is 0.353. The molecule has 0 aliphatic heterocycles. The van der Waals surface area contributed by atoms with Crippen molar-refractivity contribution in [2.24, 2.45) is 7.05 Å². The van der Waals surface area contributed by atoms with E-state index >= 15 is 0 Å². The third kappa shape index (κ3) is 2.77. The third-order valence-electron chi connectivity index (χ3n) is 4.19. The van der Waals surface area contributed by atoms with Gasteiger partial charge in [-0.05, 0) is 25.3 Å². The number of allylic oxidation sites excluding steroid dienone is 1. The second kappa shape index (κ2) is 5.68. The lowest BCUT2D eigenvalue weighted by Crippen LogP contribution is -2.42. The Bertz CT molecular complexity index is 704. The second-order valence-electron chi connectivity index (χ2n) is 5.76. The highest BCUT2D eigenvalue weighted by Crippen LogP contribution is 2.28. The van der Waals surface area contributed by atoms with E-state index in [9.17, 15) is 4.79 Å². The maximum Gasteiger partial charge on any atom is 0.253 e. The van der Waals surface area contributed by atoms with Crippen LogP contribution in [0, 0.1) is 0 Å². The van der Waals surface area contributed by atoms with Crippen LogP contribution >= 0.6 is 15.9 Å². The molecule has 1 saturated carbocycles. The molecule has 1 aromatic heterocycles. The van der Waals surface area contributed by atoms with Crippen LogP contribution in [-0.4, -0.2) is 21.3 Å². The number of rotatable bonds is 2. The number of alkyl halides is 1. The highest BCUT2D eigenvalue weighted by atomic mass is 79.9. The van der Waals surface area contributed by atoms with Gasteiger partial charge >= 0.3 is 0 Å². The zero-order chi connectivity index (χ0) is 15.0. The van der Waals surface area contributed by atoms with Crippen molar-refractivity contribution < 1.29 is 4.79 Å². The molecule has 3 nitrogen and oxygen atoms in total. The third-order valence-corrected chi connectivity index (χ3v) is 5.15. The van der Waals surface area contributed by atoms with Gasteiger partial charge in [-0.15, -0.1) is 0 Å². The van der Waals surface area contributed by atoms with Crippen LogP contribution < -0.4 is 5.32 Å². The number of nitrogens with zero attached hydrogens (tertiary/aromatic N) is 1. The zero-order valence-electron chi connectivity index (χ0n) is 12.1. The van der Waals surface area contributed by atoms with E-state index in [2.05, 4.69) is 27.8 Å². The molecule has 2 unspecified atom stereocenters. The summed E-state index contributed by atoms with van der Waals surface area (Å²) >= 11 is 3.67. The molecule has 0 saturated heterocycles. The van der Waals surface area contributed by atoms with Gasteiger partial charge in [-0.3, -0.25) is 4.79 Å². The van der Waals surface area contributed by atoms with Crippen molar-refractivity contribution in [2.45, 2.75) is 30.1 Å². The lowest BCUT2D eigenvalue weighted by atomic mass is 9.91. The van der Waals surface area contributed by atoms with Crippen molar-refractivity contribution in [1.82, 2.24) is 9.88 Å². The maximum atomic E-state index is 12.6. The van der Waals surface area contributed by atoms with Gasteiger partial charge in [-0.25, -0.2) is 0 Å². The Hall–Kier alpha value is -1.55. The standard InChI is InChI=1S/C17H19BrN2O/c1-11-7-8-15(14(18)9-11)19-17(21)13-10-20(2)16-6-4-3-5-12(13)16/h3-6,10,14-15H,1,7-9H2,2H3,(H,19,21). The molecule has 2 atom stereocenters. The Morgan fingerprint density at radius 2 is 2.19 bits per heavy atom. The predicted octanol–water partition coefficient (Wildman–Crippen LogP) is 3.78. The Kier molecular flexibility index (Phi) is 3.89. The molecule has 1 heterocycles. The van der Waals surface area contributed by atoms with Gasteiger partial charge in [0.2, 0.25) is 0 Å². The Morgan fingerprint density at radius 1 is 1.43 bits per heavy atom. The molecular weight excluding hydrogens is 328 g/mol. The molecule has 2 aromatic rings. The minimum Gasteiger partial charge on any atom is -0.350 e. The molecule has 4 heteroatoms. The monoisotopic (exact) mass is 346 g/mol. The second-order valence-corrected chi connectivity index (χ2v) is 6.94. The van der Waals surface area contributed by atoms with Gasteiger partial charge in [0.1, 0.15) is 0 Å². The molecule has 3 rings (SSSR count). The van der Waals surface area contributed by atoms with E-state index < -0.39 is 0 Å². The molecule has 1 aromatic carbocycles. The molecule has 1 N–H and O–H groups in total. The smallest absolute Gasteiger partial charge is 0.253 e. The number of aromatic nitrogens is 1. The number of halogens is 1. The van der Waals surface area contributed by atoms with Crippen LogP contribution in [0.2, 0.25) is 0 Å². The van der Waals surface area contributed by atoms with Crippen LogP contribution in [0.3, 0.4) is 0 Å². The molecule has 1 aliphatic rings. The maximum absolute atomic E-state index is 12.6. The van der Waals surface area contributed by atoms with Crippen LogP contribution in [0.15, 0.2) is 42.6 Å². The number of amides is 1.